The molecule has 1 aromatic rings. The molecule has 5 heteroatoms. The van der Waals surface area contributed by atoms with Gasteiger partial charge in [-0.15, -0.1) is 0 Å². The Kier molecular flexibility index (Phi) is 5.54. The van der Waals surface area contributed by atoms with Gasteiger partial charge in [-0.05, 0) is 18.4 Å². The zero-order chi connectivity index (χ0) is 15.9. The van der Waals surface area contributed by atoms with E-state index in [2.05, 4.69) is 0 Å². The van der Waals surface area contributed by atoms with E-state index < -0.39 is 12.0 Å². The maximum absolute atomic E-state index is 12.6. The number of hydrogen-bond acceptors (Lipinski definition) is 4. The molecule has 22 heavy (non-hydrogen) atoms. The Labute approximate surface area is 130 Å². The maximum atomic E-state index is 12.6. The number of nitriles is 1. The number of carbonyl (C=O) groups excluding carboxylic acids is 2. The number of cyclic esters (lactones) is 1. The lowest BCUT2D eigenvalue weighted by Crippen LogP contribution is -2.43. The van der Waals surface area contributed by atoms with Gasteiger partial charge in [0.2, 0.25) is 5.91 Å². The van der Waals surface area contributed by atoms with Gasteiger partial charge in [-0.1, -0.05) is 43.7 Å². The van der Waals surface area contributed by atoms with Crippen molar-refractivity contribution in [2.24, 2.45) is 5.92 Å². The van der Waals surface area contributed by atoms with Crippen LogP contribution in [0.3, 0.4) is 0 Å². The van der Waals surface area contributed by atoms with Crippen LogP contribution in [-0.2, 0) is 16.0 Å². The number of imide groups is 1. The molecular formula is C17H20N2O3. The van der Waals surface area contributed by atoms with Crippen LogP contribution in [0.1, 0.15) is 31.7 Å². The van der Waals surface area contributed by atoms with E-state index >= 15 is 0 Å². The third kappa shape index (κ3) is 3.64. The van der Waals surface area contributed by atoms with Crippen molar-refractivity contribution in [2.45, 2.75) is 38.6 Å². The first-order chi connectivity index (χ1) is 10.7. The summed E-state index contributed by atoms with van der Waals surface area (Å²) in [5.74, 6) is -0.717. The minimum absolute atomic E-state index is 0.133. The Morgan fingerprint density at radius 2 is 2.18 bits per heavy atom. The van der Waals surface area contributed by atoms with Crippen molar-refractivity contribution >= 4 is 12.0 Å². The summed E-state index contributed by atoms with van der Waals surface area (Å²) in [5.41, 5.74) is 1.05. The molecule has 0 spiro atoms. The van der Waals surface area contributed by atoms with E-state index in [0.717, 1.165) is 12.0 Å². The zero-order valence-electron chi connectivity index (χ0n) is 12.7. The third-order valence-corrected chi connectivity index (χ3v) is 3.84. The Morgan fingerprint density at radius 3 is 2.82 bits per heavy atom. The molecule has 0 bridgehead atoms. The molecule has 5 nitrogen and oxygen atoms in total. The van der Waals surface area contributed by atoms with Gasteiger partial charge in [-0.2, -0.15) is 5.26 Å². The molecule has 0 N–H and O–H groups in total. The highest BCUT2D eigenvalue weighted by atomic mass is 16.6. The minimum atomic E-state index is -0.593. The Balaban J connectivity index is 2.13. The lowest BCUT2D eigenvalue weighted by atomic mass is 9.97. The summed E-state index contributed by atoms with van der Waals surface area (Å²) >= 11 is 0. The molecule has 0 saturated carbocycles. The standard InChI is InChI=1S/C17H20N2O3/c1-2-6-14(9-10-18)16(20)19-15(12-22-17(19)21)11-13-7-4-3-5-8-13/h3-5,7-8,14-15H,2,6,9,11-12H2,1H3/t14-,15-/m0/s1. The van der Waals surface area contributed by atoms with Gasteiger partial charge in [0.15, 0.2) is 0 Å². The summed E-state index contributed by atoms with van der Waals surface area (Å²) < 4.78 is 5.06. The molecule has 116 valence electrons. The molecule has 2 atom stereocenters. The van der Waals surface area contributed by atoms with Crippen LogP contribution in [0.5, 0.6) is 0 Å². The summed E-state index contributed by atoms with van der Waals surface area (Å²) in [7, 11) is 0. The second-order valence-corrected chi connectivity index (χ2v) is 5.48. The Hall–Kier alpha value is -2.35. The van der Waals surface area contributed by atoms with Gasteiger partial charge in [0, 0.05) is 6.42 Å². The smallest absolute Gasteiger partial charge is 0.416 e. The summed E-state index contributed by atoms with van der Waals surface area (Å²) in [6.45, 7) is 2.17. The number of hydrogen-bond donors (Lipinski definition) is 0. The van der Waals surface area contributed by atoms with Crippen LogP contribution >= 0.6 is 0 Å². The van der Waals surface area contributed by atoms with E-state index in [1.54, 1.807) is 0 Å². The fourth-order valence-electron chi connectivity index (χ4n) is 2.74. The predicted molar refractivity (Wildman–Crippen MR) is 80.8 cm³/mol. The lowest BCUT2D eigenvalue weighted by Gasteiger charge is -2.23. The van der Waals surface area contributed by atoms with E-state index in [-0.39, 0.29) is 25.0 Å². The molecule has 1 aromatic carbocycles. The van der Waals surface area contributed by atoms with Crippen LogP contribution in [0.4, 0.5) is 4.79 Å². The first-order valence-electron chi connectivity index (χ1n) is 7.58. The van der Waals surface area contributed by atoms with E-state index in [9.17, 15) is 9.59 Å². The summed E-state index contributed by atoms with van der Waals surface area (Å²) in [6.07, 6.45) is 1.52. The number of rotatable bonds is 6. The van der Waals surface area contributed by atoms with Gasteiger partial charge in [0.05, 0.1) is 18.0 Å². The summed E-state index contributed by atoms with van der Waals surface area (Å²) in [5, 5.41) is 8.89. The van der Waals surface area contributed by atoms with Crippen molar-refractivity contribution in [3.05, 3.63) is 35.9 Å². The topological polar surface area (TPSA) is 70.4 Å². The SMILES string of the molecule is CCC[C@@H](CC#N)C(=O)N1C(=O)OC[C@@H]1Cc1ccccc1. The molecule has 2 amide bonds. The van der Waals surface area contributed by atoms with Gasteiger partial charge in [-0.3, -0.25) is 4.79 Å². The number of amides is 2. The molecule has 1 saturated heterocycles. The van der Waals surface area contributed by atoms with Gasteiger partial charge in [0.1, 0.15) is 6.61 Å². The van der Waals surface area contributed by atoms with Gasteiger partial charge >= 0.3 is 6.09 Å². The molecule has 0 unspecified atom stereocenters. The van der Waals surface area contributed by atoms with Gasteiger partial charge in [0.25, 0.3) is 0 Å². The Bertz CT molecular complexity index is 565. The van der Waals surface area contributed by atoms with Crippen LogP contribution in [0.15, 0.2) is 30.3 Å². The van der Waals surface area contributed by atoms with E-state index in [4.69, 9.17) is 10.00 Å². The third-order valence-electron chi connectivity index (χ3n) is 3.84. The zero-order valence-corrected chi connectivity index (χ0v) is 12.7. The molecule has 0 aliphatic carbocycles. The molecular weight excluding hydrogens is 280 g/mol. The molecule has 1 aliphatic rings. The largest absolute Gasteiger partial charge is 0.447 e. The quantitative estimate of drug-likeness (QED) is 0.810. The second kappa shape index (κ2) is 7.60. The van der Waals surface area contributed by atoms with Crippen LogP contribution < -0.4 is 0 Å². The van der Waals surface area contributed by atoms with Crippen LogP contribution in [0.2, 0.25) is 0 Å². The van der Waals surface area contributed by atoms with Crippen molar-refractivity contribution in [3.63, 3.8) is 0 Å². The first-order valence-corrected chi connectivity index (χ1v) is 7.58. The predicted octanol–water partition coefficient (Wildman–Crippen LogP) is 2.91. The highest BCUT2D eigenvalue weighted by Crippen LogP contribution is 2.23. The van der Waals surface area contributed by atoms with Crippen molar-refractivity contribution in [1.29, 1.82) is 5.26 Å². The van der Waals surface area contributed by atoms with E-state index in [1.807, 2.05) is 43.3 Å². The van der Waals surface area contributed by atoms with Gasteiger partial charge < -0.3 is 4.74 Å². The van der Waals surface area contributed by atoms with Crippen molar-refractivity contribution < 1.29 is 14.3 Å². The monoisotopic (exact) mass is 300 g/mol. The minimum Gasteiger partial charge on any atom is -0.447 e. The van der Waals surface area contributed by atoms with Crippen LogP contribution in [-0.4, -0.2) is 29.5 Å². The molecule has 1 aliphatic heterocycles. The normalized spacial score (nSPS) is 18.6. The van der Waals surface area contributed by atoms with Crippen molar-refractivity contribution in [1.82, 2.24) is 4.90 Å². The first kappa shape index (κ1) is 16.0. The van der Waals surface area contributed by atoms with Crippen LogP contribution in [0, 0.1) is 17.2 Å². The number of nitrogens with zero attached hydrogens (tertiary/aromatic N) is 2. The fourth-order valence-corrected chi connectivity index (χ4v) is 2.74. The molecule has 1 fully saturated rings. The lowest BCUT2D eigenvalue weighted by molar-refractivity contribution is -0.133. The van der Waals surface area contributed by atoms with Gasteiger partial charge in [-0.25, -0.2) is 9.69 Å². The highest BCUT2D eigenvalue weighted by molar-refractivity contribution is 5.94. The van der Waals surface area contributed by atoms with E-state index in [0.29, 0.717) is 12.8 Å². The number of carbonyl (C=O) groups is 2. The molecule has 0 radical (unpaired) electrons. The summed E-state index contributed by atoms with van der Waals surface area (Å²) in [6, 6.07) is 11.4. The molecule has 2 rings (SSSR count). The molecule has 0 aromatic heterocycles. The number of benzene rings is 1. The number of ether oxygens (including phenoxy) is 1. The summed E-state index contributed by atoms with van der Waals surface area (Å²) in [4.78, 5) is 25.8. The maximum Gasteiger partial charge on any atom is 0.416 e. The average molecular weight is 300 g/mol. The van der Waals surface area contributed by atoms with Crippen molar-refractivity contribution in [3.8, 4) is 6.07 Å². The molecule has 1 heterocycles. The second-order valence-electron chi connectivity index (χ2n) is 5.48. The Morgan fingerprint density at radius 1 is 1.45 bits per heavy atom. The average Bonchev–Trinajstić information content (AvgIpc) is 2.88. The highest BCUT2D eigenvalue weighted by Gasteiger charge is 2.40. The van der Waals surface area contributed by atoms with E-state index in [1.165, 1.54) is 4.90 Å². The van der Waals surface area contributed by atoms with Crippen LogP contribution in [0.25, 0.3) is 0 Å². The fraction of sp³-hybridized carbons (Fsp3) is 0.471. The van der Waals surface area contributed by atoms with Crippen molar-refractivity contribution in [2.75, 3.05) is 6.61 Å².